The third kappa shape index (κ3) is 4.77. The first-order valence-electron chi connectivity index (χ1n) is 10.5. The lowest BCUT2D eigenvalue weighted by Gasteiger charge is -2.41. The van der Waals surface area contributed by atoms with Gasteiger partial charge in [0, 0.05) is 17.3 Å². The molecule has 2 heterocycles. The molecule has 0 fully saturated rings. The summed E-state index contributed by atoms with van der Waals surface area (Å²) in [4.78, 5) is 4.43. The van der Waals surface area contributed by atoms with Gasteiger partial charge in [-0.1, -0.05) is 20.8 Å². The molecule has 0 aliphatic carbocycles. The number of fused-ring (bicyclic) bond motifs is 1. The van der Waals surface area contributed by atoms with E-state index in [1.165, 1.54) is 0 Å². The second kappa shape index (κ2) is 8.27. The highest BCUT2D eigenvalue weighted by atomic mass is 28.4. The lowest BCUT2D eigenvalue weighted by molar-refractivity contribution is -0.104. The Morgan fingerprint density at radius 2 is 1.97 bits per heavy atom. The monoisotopic (exact) mass is 440 g/mol. The first-order valence-corrected chi connectivity index (χ1v) is 13.4. The van der Waals surface area contributed by atoms with Crippen molar-refractivity contribution in [1.29, 1.82) is 5.26 Å². The maximum absolute atomic E-state index is 11.0. The first kappa shape index (κ1) is 23.3. The van der Waals surface area contributed by atoms with Gasteiger partial charge in [-0.2, -0.15) is 5.26 Å². The predicted octanol–water partition coefficient (Wildman–Crippen LogP) is 5.13. The number of aromatic nitrogens is 1. The fourth-order valence-electron chi connectivity index (χ4n) is 3.17. The highest BCUT2D eigenvalue weighted by Gasteiger charge is 2.45. The molecule has 1 aromatic heterocycles. The molecule has 2 unspecified atom stereocenters. The Bertz CT molecular complexity index is 992. The van der Waals surface area contributed by atoms with Crippen LogP contribution in [0.25, 0.3) is 0 Å². The summed E-state index contributed by atoms with van der Waals surface area (Å²) in [6.45, 7) is 15.0. The fraction of sp³-hybridized carbons (Fsp3) is 0.500. The number of aliphatic hydroxyl groups is 1. The molecule has 0 bridgehead atoms. The lowest BCUT2D eigenvalue weighted by atomic mass is 9.87. The molecule has 0 saturated carbocycles. The minimum atomic E-state index is -1.96. The van der Waals surface area contributed by atoms with Gasteiger partial charge in [-0.05, 0) is 62.3 Å². The second-order valence-electron chi connectivity index (χ2n) is 10.1. The molecule has 166 valence electrons. The van der Waals surface area contributed by atoms with Crippen LogP contribution < -0.4 is 9.47 Å². The Kier molecular flexibility index (Phi) is 6.20. The maximum Gasteiger partial charge on any atom is 0.219 e. The molecule has 0 saturated heterocycles. The molecule has 6 nitrogen and oxygen atoms in total. The normalized spacial score (nSPS) is 20.4. The molecule has 1 N–H and O–H groups in total. The van der Waals surface area contributed by atoms with E-state index in [0.29, 0.717) is 29.4 Å². The topological polar surface area (TPSA) is 84.6 Å². The zero-order chi connectivity index (χ0) is 23.0. The quantitative estimate of drug-likeness (QED) is 0.649. The Morgan fingerprint density at radius 3 is 2.61 bits per heavy atom. The summed E-state index contributed by atoms with van der Waals surface area (Å²) in [5, 5.41) is 20.4. The van der Waals surface area contributed by atoms with Crippen molar-refractivity contribution in [2.75, 3.05) is 0 Å². The summed E-state index contributed by atoms with van der Waals surface area (Å²) in [7, 11) is -1.96. The van der Waals surface area contributed by atoms with Gasteiger partial charge in [0.15, 0.2) is 14.4 Å². The Labute approximate surface area is 185 Å². The van der Waals surface area contributed by atoms with Gasteiger partial charge in [0.05, 0.1) is 18.2 Å². The molecular formula is C24H32N2O4Si. The number of nitrogens with zero attached hydrogens (tertiary/aromatic N) is 2. The summed E-state index contributed by atoms with van der Waals surface area (Å²) in [6, 6.07) is 11.1. The SMILES string of the molecule is CC1(C)Oc2ccc(C#N)cc2C(Oc2ncccc2CO[Si](C)(C)C(C)(C)C)C1O. The van der Waals surface area contributed by atoms with Crippen molar-refractivity contribution >= 4 is 8.32 Å². The second-order valence-corrected chi connectivity index (χ2v) is 14.9. The maximum atomic E-state index is 11.0. The Hall–Kier alpha value is -2.40. The van der Waals surface area contributed by atoms with Crippen molar-refractivity contribution in [1.82, 2.24) is 4.98 Å². The van der Waals surface area contributed by atoms with E-state index in [4.69, 9.17) is 13.9 Å². The molecule has 0 spiro atoms. The number of pyridine rings is 1. The smallest absolute Gasteiger partial charge is 0.219 e. The van der Waals surface area contributed by atoms with Crippen molar-refractivity contribution in [3.05, 3.63) is 53.2 Å². The Morgan fingerprint density at radius 1 is 1.26 bits per heavy atom. The number of nitriles is 1. The van der Waals surface area contributed by atoms with E-state index in [1.54, 1.807) is 24.4 Å². The fourth-order valence-corrected chi connectivity index (χ4v) is 4.12. The number of aliphatic hydroxyl groups excluding tert-OH is 1. The third-order valence-corrected chi connectivity index (χ3v) is 10.8. The average molecular weight is 441 g/mol. The minimum absolute atomic E-state index is 0.0871. The van der Waals surface area contributed by atoms with Crippen LogP contribution >= 0.6 is 0 Å². The van der Waals surface area contributed by atoms with Crippen molar-refractivity contribution in [2.24, 2.45) is 0 Å². The predicted molar refractivity (Wildman–Crippen MR) is 121 cm³/mol. The summed E-state index contributed by atoms with van der Waals surface area (Å²) in [6.07, 6.45) is -0.0204. The molecule has 0 amide bonds. The average Bonchev–Trinajstić information content (AvgIpc) is 2.69. The van der Waals surface area contributed by atoms with Crippen molar-refractivity contribution in [3.63, 3.8) is 0 Å². The molecular weight excluding hydrogens is 408 g/mol. The van der Waals surface area contributed by atoms with E-state index >= 15 is 0 Å². The van der Waals surface area contributed by atoms with Crippen LogP contribution in [0.4, 0.5) is 0 Å². The Balaban J connectivity index is 1.93. The van der Waals surface area contributed by atoms with E-state index in [-0.39, 0.29) is 5.04 Å². The van der Waals surface area contributed by atoms with E-state index in [2.05, 4.69) is 44.9 Å². The largest absolute Gasteiger partial charge is 0.485 e. The molecule has 1 aromatic carbocycles. The van der Waals surface area contributed by atoms with E-state index in [9.17, 15) is 10.4 Å². The van der Waals surface area contributed by atoms with Crippen LogP contribution in [0.1, 0.15) is 57.4 Å². The first-order chi connectivity index (χ1) is 14.4. The van der Waals surface area contributed by atoms with Gasteiger partial charge in [0.1, 0.15) is 17.5 Å². The number of ether oxygens (including phenoxy) is 2. The molecule has 2 atom stereocenters. The van der Waals surface area contributed by atoms with Crippen LogP contribution in [0, 0.1) is 11.3 Å². The van der Waals surface area contributed by atoms with Crippen LogP contribution in [-0.2, 0) is 11.0 Å². The molecule has 1 aliphatic heterocycles. The highest BCUT2D eigenvalue weighted by molar-refractivity contribution is 6.74. The van der Waals surface area contributed by atoms with Gasteiger partial charge in [-0.25, -0.2) is 4.98 Å². The summed E-state index contributed by atoms with van der Waals surface area (Å²) >= 11 is 0. The zero-order valence-corrected chi connectivity index (χ0v) is 20.4. The van der Waals surface area contributed by atoms with Crippen LogP contribution in [-0.4, -0.2) is 30.1 Å². The van der Waals surface area contributed by atoms with E-state index in [1.807, 2.05) is 26.0 Å². The van der Waals surface area contributed by atoms with Gasteiger partial charge in [0.2, 0.25) is 5.88 Å². The van der Waals surface area contributed by atoms with Crippen LogP contribution in [0.15, 0.2) is 36.5 Å². The summed E-state index contributed by atoms with van der Waals surface area (Å²) < 4.78 is 18.6. The third-order valence-electron chi connectivity index (χ3n) is 6.30. The number of hydrogen-bond donors (Lipinski definition) is 1. The van der Waals surface area contributed by atoms with Gasteiger partial charge >= 0.3 is 0 Å². The number of hydrogen-bond acceptors (Lipinski definition) is 6. The van der Waals surface area contributed by atoms with Gasteiger partial charge in [-0.15, -0.1) is 0 Å². The summed E-state index contributed by atoms with van der Waals surface area (Å²) in [5.74, 6) is 1.01. The number of benzene rings is 1. The molecule has 2 aromatic rings. The molecule has 7 heteroatoms. The molecule has 1 aliphatic rings. The van der Waals surface area contributed by atoms with Gasteiger partial charge in [-0.3, -0.25) is 0 Å². The van der Waals surface area contributed by atoms with Crippen LogP contribution in [0.2, 0.25) is 18.1 Å². The van der Waals surface area contributed by atoms with E-state index in [0.717, 1.165) is 5.56 Å². The lowest BCUT2D eigenvalue weighted by Crippen LogP contribution is -2.50. The minimum Gasteiger partial charge on any atom is -0.485 e. The van der Waals surface area contributed by atoms with Crippen molar-refractivity contribution in [3.8, 4) is 17.7 Å². The molecule has 0 radical (unpaired) electrons. The van der Waals surface area contributed by atoms with Crippen LogP contribution in [0.3, 0.4) is 0 Å². The van der Waals surface area contributed by atoms with E-state index < -0.39 is 26.1 Å². The highest BCUT2D eigenvalue weighted by Crippen LogP contribution is 2.43. The van der Waals surface area contributed by atoms with Crippen molar-refractivity contribution < 1.29 is 19.0 Å². The number of rotatable bonds is 5. The van der Waals surface area contributed by atoms with Gasteiger partial charge in [0.25, 0.3) is 0 Å². The molecule has 31 heavy (non-hydrogen) atoms. The van der Waals surface area contributed by atoms with Gasteiger partial charge < -0.3 is 19.0 Å². The molecule has 3 rings (SSSR count). The summed E-state index contributed by atoms with van der Waals surface area (Å²) in [5.41, 5.74) is 1.07. The standard InChI is InChI=1S/C24H32N2O4Si/c1-23(2,3)31(6,7)28-15-17-9-8-12-26-22(17)29-20-18-13-16(14-25)10-11-19(18)30-24(4,5)21(20)27/h8-13,20-21,27H,15H2,1-7H3. The van der Waals surface area contributed by atoms with Crippen LogP contribution in [0.5, 0.6) is 11.6 Å². The zero-order valence-electron chi connectivity index (χ0n) is 19.4. The van der Waals surface area contributed by atoms with Crippen molar-refractivity contribution in [2.45, 2.75) is 77.2 Å².